The van der Waals surface area contributed by atoms with Gasteiger partial charge in [0, 0.05) is 33.9 Å². The average molecular weight is 613 g/mol. The van der Waals surface area contributed by atoms with Crippen molar-refractivity contribution in [2.75, 3.05) is 0 Å². The maximum Gasteiger partial charge on any atom is 0.223 e. The van der Waals surface area contributed by atoms with E-state index in [2.05, 4.69) is 20.0 Å². The maximum atomic E-state index is 13.3. The number of hydrogen-bond donors (Lipinski definition) is 0. The molecule has 0 saturated carbocycles. The van der Waals surface area contributed by atoms with Gasteiger partial charge in [-0.05, 0) is 82.2 Å². The Morgan fingerprint density at radius 1 is 0.500 bits per heavy atom. The van der Waals surface area contributed by atoms with Crippen LogP contribution < -0.4 is 10.7 Å². The zero-order valence-corrected chi connectivity index (χ0v) is 24.0. The zero-order chi connectivity index (χ0) is 30.6. The van der Waals surface area contributed by atoms with Gasteiger partial charge in [0.2, 0.25) is 32.1 Å². The van der Waals surface area contributed by atoms with Crippen molar-refractivity contribution in [1.82, 2.24) is 9.97 Å². The van der Waals surface area contributed by atoms with Gasteiger partial charge in [0.25, 0.3) is 0 Å². The highest BCUT2D eigenvalue weighted by atomic mass is 32.2. The van der Waals surface area contributed by atoms with Crippen molar-refractivity contribution in [2.45, 2.75) is 19.8 Å². The standard InChI is InChI=1S/C32H16N6O4S2/c33-17-37-31-25-13-19(43(39,40)29-5-1-3-11-35-29)7-9-21(25)23-15-24-22-10-8-20(44(41,42)30-6-2-4-12-36-30)14-26(22)32(38-18-34)28(24)16-27(23)31/h1-16H. The number of nitriles is 2. The summed E-state index contributed by atoms with van der Waals surface area (Å²) in [7, 11) is -7.89. The second-order valence-electron chi connectivity index (χ2n) is 9.82. The van der Waals surface area contributed by atoms with Crippen molar-refractivity contribution >= 4 is 62.8 Å². The Bertz CT molecular complexity index is 2570. The smallest absolute Gasteiger partial charge is 0.223 e. The lowest BCUT2D eigenvalue weighted by Crippen LogP contribution is -2.05. The molecule has 0 N–H and O–H groups in total. The quantitative estimate of drug-likeness (QED) is 0.264. The SMILES string of the molecule is N#CN=c1c2cc(S(=O)(=O)c3ccccn3)ccc2c2cc3c(cc12)c(=NC#N)c1cc(S(=O)(=O)c2ccccn2)ccc13. The fraction of sp³-hybridized carbons (Fsp3) is 0. The van der Waals surface area contributed by atoms with E-state index >= 15 is 0 Å². The van der Waals surface area contributed by atoms with Gasteiger partial charge in [0.15, 0.2) is 10.1 Å². The maximum absolute atomic E-state index is 13.3. The van der Waals surface area contributed by atoms with Crippen LogP contribution in [-0.2, 0) is 19.7 Å². The van der Waals surface area contributed by atoms with Gasteiger partial charge in [-0.2, -0.15) is 20.5 Å². The van der Waals surface area contributed by atoms with E-state index in [0.29, 0.717) is 43.1 Å². The third-order valence-electron chi connectivity index (χ3n) is 7.51. The Morgan fingerprint density at radius 2 is 0.909 bits per heavy atom. The van der Waals surface area contributed by atoms with Gasteiger partial charge < -0.3 is 0 Å². The molecule has 0 aliphatic carbocycles. The number of aromatic nitrogens is 2. The van der Waals surface area contributed by atoms with Crippen LogP contribution in [0.2, 0.25) is 0 Å². The van der Waals surface area contributed by atoms with Crippen LogP contribution in [0.4, 0.5) is 0 Å². The molecule has 5 aromatic carbocycles. The van der Waals surface area contributed by atoms with Crippen LogP contribution >= 0.6 is 0 Å². The van der Waals surface area contributed by atoms with Crippen molar-refractivity contribution in [3.63, 3.8) is 0 Å². The Labute approximate surface area is 249 Å². The van der Waals surface area contributed by atoms with Gasteiger partial charge in [-0.3, -0.25) is 0 Å². The zero-order valence-electron chi connectivity index (χ0n) is 22.4. The number of sulfone groups is 2. The van der Waals surface area contributed by atoms with E-state index in [0.717, 1.165) is 0 Å². The minimum atomic E-state index is -3.95. The molecule has 2 aromatic heterocycles. The number of benzene rings is 3. The van der Waals surface area contributed by atoms with Crippen LogP contribution in [0.25, 0.3) is 43.1 Å². The molecule has 0 amide bonds. The van der Waals surface area contributed by atoms with Gasteiger partial charge in [-0.15, -0.1) is 0 Å². The largest absolute Gasteiger partial charge is 0.244 e. The summed E-state index contributed by atoms with van der Waals surface area (Å²) in [4.78, 5) is 16.1. The summed E-state index contributed by atoms with van der Waals surface area (Å²) < 4.78 is 53.3. The molecule has 210 valence electrons. The molecule has 2 heterocycles. The fourth-order valence-electron chi connectivity index (χ4n) is 5.56. The first-order chi connectivity index (χ1) is 21.3. The van der Waals surface area contributed by atoms with Crippen LogP contribution in [0.3, 0.4) is 0 Å². The molecule has 7 rings (SSSR count). The van der Waals surface area contributed by atoms with Crippen molar-refractivity contribution < 1.29 is 16.8 Å². The first-order valence-electron chi connectivity index (χ1n) is 13.0. The summed E-state index contributed by atoms with van der Waals surface area (Å²) in [6.07, 6.45) is 6.42. The Morgan fingerprint density at radius 3 is 1.30 bits per heavy atom. The summed E-state index contributed by atoms with van der Waals surface area (Å²) in [6, 6.07) is 22.1. The molecule has 0 aliphatic rings. The van der Waals surface area contributed by atoms with Crippen LogP contribution in [0.1, 0.15) is 0 Å². The number of fused-ring (bicyclic) bond motifs is 6. The minimum Gasteiger partial charge on any atom is -0.244 e. The predicted octanol–water partition coefficient (Wildman–Crippen LogP) is 4.39. The Hall–Kier alpha value is -5.82. The van der Waals surface area contributed by atoms with E-state index in [1.807, 2.05) is 18.5 Å². The summed E-state index contributed by atoms with van der Waals surface area (Å²) in [5.74, 6) is 0. The lowest BCUT2D eigenvalue weighted by atomic mass is 10.1. The summed E-state index contributed by atoms with van der Waals surface area (Å²) in [5.41, 5.74) is 0. The van der Waals surface area contributed by atoms with E-state index in [1.165, 1.54) is 48.8 Å². The van der Waals surface area contributed by atoms with Gasteiger partial charge >= 0.3 is 0 Å². The molecule has 44 heavy (non-hydrogen) atoms. The molecule has 10 nitrogen and oxygen atoms in total. The number of nitrogens with zero attached hydrogens (tertiary/aromatic N) is 6. The first kappa shape index (κ1) is 27.0. The average Bonchev–Trinajstić information content (AvgIpc) is 3.52. The van der Waals surface area contributed by atoms with Crippen molar-refractivity contribution in [3.8, 4) is 12.4 Å². The fourth-order valence-corrected chi connectivity index (χ4v) is 8.00. The van der Waals surface area contributed by atoms with Gasteiger partial charge in [0.1, 0.15) is 0 Å². The van der Waals surface area contributed by atoms with Crippen LogP contribution in [0.15, 0.2) is 127 Å². The third-order valence-corrected chi connectivity index (χ3v) is 10.8. The van der Waals surface area contributed by atoms with Crippen LogP contribution in [0.5, 0.6) is 0 Å². The lowest BCUT2D eigenvalue weighted by Gasteiger charge is -2.04. The molecule has 0 aliphatic heterocycles. The topological polar surface area (TPSA) is 166 Å². The monoisotopic (exact) mass is 612 g/mol. The van der Waals surface area contributed by atoms with E-state index in [-0.39, 0.29) is 30.6 Å². The highest BCUT2D eigenvalue weighted by Gasteiger charge is 2.23. The highest BCUT2D eigenvalue weighted by molar-refractivity contribution is 7.91. The Balaban J connectivity index is 1.53. The number of rotatable bonds is 4. The molecule has 0 fully saturated rings. The minimum absolute atomic E-state index is 0.000315. The van der Waals surface area contributed by atoms with Crippen molar-refractivity contribution in [2.24, 2.45) is 9.98 Å². The molecule has 7 aromatic rings. The van der Waals surface area contributed by atoms with Crippen molar-refractivity contribution in [3.05, 3.63) is 108 Å². The summed E-state index contributed by atoms with van der Waals surface area (Å²) in [5, 5.41) is 24.2. The molecular weight excluding hydrogens is 597 g/mol. The molecule has 12 heteroatoms. The van der Waals surface area contributed by atoms with Crippen LogP contribution in [0, 0.1) is 22.9 Å². The highest BCUT2D eigenvalue weighted by Crippen LogP contribution is 2.35. The first-order valence-corrected chi connectivity index (χ1v) is 16.0. The van der Waals surface area contributed by atoms with E-state index in [4.69, 9.17) is 0 Å². The molecular formula is C32H16N6O4S2. The van der Waals surface area contributed by atoms with Crippen molar-refractivity contribution in [1.29, 1.82) is 10.5 Å². The normalized spacial score (nSPS) is 13.1. The third kappa shape index (κ3) is 3.97. The second-order valence-corrected chi connectivity index (χ2v) is 13.6. The van der Waals surface area contributed by atoms with Gasteiger partial charge in [-0.25, -0.2) is 26.8 Å². The molecule has 0 unspecified atom stereocenters. The van der Waals surface area contributed by atoms with E-state index in [1.54, 1.807) is 42.5 Å². The van der Waals surface area contributed by atoms with E-state index in [9.17, 15) is 27.4 Å². The molecule has 0 radical (unpaired) electrons. The van der Waals surface area contributed by atoms with Crippen LogP contribution in [-0.4, -0.2) is 26.8 Å². The second kappa shape index (κ2) is 9.88. The Kier molecular flexibility index (Phi) is 6.07. The lowest BCUT2D eigenvalue weighted by molar-refractivity contribution is 0.591. The predicted molar refractivity (Wildman–Crippen MR) is 161 cm³/mol. The molecule has 0 saturated heterocycles. The van der Waals surface area contributed by atoms with E-state index < -0.39 is 19.7 Å². The summed E-state index contributed by atoms with van der Waals surface area (Å²) in [6.45, 7) is 0. The molecule has 0 bridgehead atoms. The molecule has 0 atom stereocenters. The van der Waals surface area contributed by atoms with Gasteiger partial charge in [-0.1, -0.05) is 24.3 Å². The number of hydrogen-bond acceptors (Lipinski definition) is 10. The number of pyridine rings is 2. The summed E-state index contributed by atoms with van der Waals surface area (Å²) >= 11 is 0. The van der Waals surface area contributed by atoms with Gasteiger partial charge in [0.05, 0.1) is 20.5 Å². The molecule has 0 spiro atoms.